The third kappa shape index (κ3) is 4.10. The fourth-order valence-corrected chi connectivity index (χ4v) is 0.500. The van der Waals surface area contributed by atoms with E-state index in [1.165, 1.54) is 0 Å². The first kappa shape index (κ1) is 7.93. The fraction of sp³-hybridized carbons (Fsp3) is 0. The Morgan fingerprint density at radius 3 is 2.50 bits per heavy atom. The van der Waals surface area contributed by atoms with E-state index in [4.69, 9.17) is 9.89 Å². The minimum Gasteiger partial charge on any atom is -0.472 e. The zero-order chi connectivity index (χ0) is 6.57. The van der Waals surface area contributed by atoms with Crippen LogP contribution in [0.1, 0.15) is 0 Å². The molecule has 2 N–H and O–H groups in total. The summed E-state index contributed by atoms with van der Waals surface area (Å²) in [5.41, 5.74) is 0. The summed E-state index contributed by atoms with van der Waals surface area (Å²) in [5.74, 6) is 0. The van der Waals surface area contributed by atoms with Crippen molar-refractivity contribution in [3.05, 3.63) is 0 Å². The van der Waals surface area contributed by atoms with Gasteiger partial charge in [0.15, 0.2) is 0 Å². The monoisotopic (exact) mass is 169 g/mol. The first-order valence-corrected chi connectivity index (χ1v) is 3.14. The van der Waals surface area contributed by atoms with Crippen molar-refractivity contribution in [2.24, 2.45) is 0 Å². The van der Waals surface area contributed by atoms with E-state index in [1.54, 1.807) is 0 Å². The van der Waals surface area contributed by atoms with Gasteiger partial charge in [-0.05, 0) is 0 Å². The number of rotatable bonds is 0. The van der Waals surface area contributed by atoms with Crippen molar-refractivity contribution < 1.29 is 9.84 Å². The molecular weight excluding hydrogens is 166 g/mol. The standard InChI is InChI=1S/C2H3NO2S3/c3-8-2(7)5-1(4)6/h3,7H,(H,4,6). The molecule has 0 spiro atoms. The average molecular weight is 169 g/mol. The molecule has 0 atom stereocenters. The van der Waals surface area contributed by atoms with E-state index in [9.17, 15) is 0 Å². The quantitative estimate of drug-likeness (QED) is 0.370. The molecule has 0 aliphatic rings. The van der Waals surface area contributed by atoms with Gasteiger partial charge < -0.3 is 9.84 Å². The van der Waals surface area contributed by atoms with Gasteiger partial charge in [0.05, 0.1) is 0 Å². The Morgan fingerprint density at radius 1 is 1.88 bits per heavy atom. The molecule has 0 amide bonds. The van der Waals surface area contributed by atoms with Crippen LogP contribution >= 0.6 is 24.8 Å². The molecule has 0 heterocycles. The molecule has 0 unspecified atom stereocenters. The zero-order valence-electron chi connectivity index (χ0n) is 3.62. The maximum absolute atomic E-state index is 8.20. The number of hydrogen-bond acceptors (Lipinski definition) is 3. The Labute approximate surface area is 60.6 Å². The molecule has 0 aromatic heterocycles. The molecule has 0 aliphatic carbocycles. The highest BCUT2D eigenvalue weighted by molar-refractivity contribution is 8.07. The van der Waals surface area contributed by atoms with Crippen LogP contribution in [0.2, 0.25) is 0 Å². The maximum atomic E-state index is 8.20. The fourth-order valence-electron chi connectivity index (χ4n) is 0.0955. The van der Waals surface area contributed by atoms with Gasteiger partial charge >= 0.3 is 5.24 Å². The molecule has 6 heteroatoms. The van der Waals surface area contributed by atoms with Gasteiger partial charge in [0.2, 0.25) is 4.38 Å². The van der Waals surface area contributed by atoms with Crippen molar-refractivity contribution in [3.8, 4) is 0 Å². The second-order valence-corrected chi connectivity index (χ2v) is 2.37. The van der Waals surface area contributed by atoms with Gasteiger partial charge in [-0.15, -0.1) is 0 Å². The Hall–Kier alpha value is -0.0700. The number of thiol groups is 1. The lowest BCUT2D eigenvalue weighted by molar-refractivity contribution is 0.400. The average Bonchev–Trinajstić information content (AvgIpc) is 1.65. The first-order chi connectivity index (χ1) is 3.66. The second-order valence-electron chi connectivity index (χ2n) is 0.736. The molecule has 0 aromatic carbocycles. The molecule has 0 saturated heterocycles. The van der Waals surface area contributed by atoms with Crippen molar-refractivity contribution >= 4 is 45.6 Å². The Balaban J connectivity index is 3.74. The smallest absolute Gasteiger partial charge is 0.356 e. The van der Waals surface area contributed by atoms with Crippen LogP contribution in [0, 0.1) is 4.78 Å². The Bertz CT molecular complexity index is 149. The van der Waals surface area contributed by atoms with Crippen molar-refractivity contribution in [2.45, 2.75) is 0 Å². The van der Waals surface area contributed by atoms with Crippen LogP contribution in [-0.2, 0) is 15.9 Å². The van der Waals surface area contributed by atoms with Crippen molar-refractivity contribution in [3.63, 3.8) is 0 Å². The summed E-state index contributed by atoms with van der Waals surface area (Å²) < 4.78 is 10.8. The number of nitrogens with one attached hydrogen (secondary N) is 1. The van der Waals surface area contributed by atoms with Crippen molar-refractivity contribution in [2.75, 3.05) is 0 Å². The summed E-state index contributed by atoms with van der Waals surface area (Å²) in [4.78, 5) is 0. The molecule has 0 radical (unpaired) electrons. The minimum absolute atomic E-state index is 0.0116. The lowest BCUT2D eigenvalue weighted by Crippen LogP contribution is -2.02. The third-order valence-electron chi connectivity index (χ3n) is 0.262. The van der Waals surface area contributed by atoms with Crippen LogP contribution in [0.15, 0.2) is 0 Å². The van der Waals surface area contributed by atoms with Crippen LogP contribution in [0.25, 0.3) is 0 Å². The van der Waals surface area contributed by atoms with Crippen LogP contribution in [-0.4, -0.2) is 14.7 Å². The lowest BCUT2D eigenvalue weighted by atomic mass is 11.4. The van der Waals surface area contributed by atoms with Gasteiger partial charge in [-0.3, -0.25) is 0 Å². The van der Waals surface area contributed by atoms with Gasteiger partial charge in [-0.2, -0.15) is 0 Å². The minimum atomic E-state index is -0.616. The van der Waals surface area contributed by atoms with Gasteiger partial charge in [0.25, 0.3) is 0 Å². The molecule has 3 nitrogen and oxygen atoms in total. The number of hydrogen-bond donors (Lipinski definition) is 3. The summed E-state index contributed by atoms with van der Waals surface area (Å²) in [6, 6.07) is 0. The van der Waals surface area contributed by atoms with E-state index in [0.717, 1.165) is 0 Å². The molecule has 0 aliphatic heterocycles. The van der Waals surface area contributed by atoms with Crippen LogP contribution < -0.4 is 0 Å². The topological polar surface area (TPSA) is 53.3 Å². The van der Waals surface area contributed by atoms with E-state index >= 15 is 0 Å². The number of ether oxygens (including phenoxy) is 1. The SMILES string of the molecule is N=S=C(S)OC(O)=S. The van der Waals surface area contributed by atoms with E-state index in [2.05, 4.69) is 29.6 Å². The highest BCUT2D eigenvalue weighted by atomic mass is 32.2. The summed E-state index contributed by atoms with van der Waals surface area (Å²) in [6.45, 7) is 0. The Kier molecular flexibility index (Phi) is 3.84. The maximum Gasteiger partial charge on any atom is 0.356 e. The lowest BCUT2D eigenvalue weighted by Gasteiger charge is -1.92. The Morgan fingerprint density at radius 2 is 2.38 bits per heavy atom. The zero-order valence-corrected chi connectivity index (χ0v) is 6.15. The van der Waals surface area contributed by atoms with Gasteiger partial charge in [0.1, 0.15) is 0 Å². The summed E-state index contributed by atoms with van der Waals surface area (Å²) in [5, 5.41) is 7.58. The van der Waals surface area contributed by atoms with Gasteiger partial charge in [-0.1, -0.05) is 12.6 Å². The van der Waals surface area contributed by atoms with Gasteiger partial charge in [0, 0.05) is 23.4 Å². The predicted molar refractivity (Wildman–Crippen MR) is 40.4 cm³/mol. The summed E-state index contributed by atoms with van der Waals surface area (Å²) in [6.07, 6.45) is 0. The summed E-state index contributed by atoms with van der Waals surface area (Å²) in [7, 11) is 0. The van der Waals surface area contributed by atoms with E-state index < -0.39 is 5.24 Å². The largest absolute Gasteiger partial charge is 0.472 e. The second kappa shape index (κ2) is 3.88. The summed E-state index contributed by atoms with van der Waals surface area (Å²) >= 11 is 8.21. The number of aliphatic hydroxyl groups excluding tert-OH is 1. The number of aliphatic hydroxyl groups is 1. The third-order valence-corrected chi connectivity index (χ3v) is 0.968. The van der Waals surface area contributed by atoms with Gasteiger partial charge in [-0.25, -0.2) is 4.78 Å². The highest BCUT2D eigenvalue weighted by Gasteiger charge is 1.91. The van der Waals surface area contributed by atoms with Crippen LogP contribution in [0.5, 0.6) is 0 Å². The molecule has 0 saturated carbocycles. The molecule has 46 valence electrons. The van der Waals surface area contributed by atoms with Crippen LogP contribution in [0.3, 0.4) is 0 Å². The van der Waals surface area contributed by atoms with Crippen molar-refractivity contribution in [1.82, 2.24) is 0 Å². The molecule has 0 fully saturated rings. The van der Waals surface area contributed by atoms with Crippen LogP contribution in [0.4, 0.5) is 0 Å². The molecular formula is C2H3NO2S3. The highest BCUT2D eigenvalue weighted by Crippen LogP contribution is 1.83. The first-order valence-electron chi connectivity index (χ1n) is 1.47. The molecule has 0 bridgehead atoms. The molecule has 0 rings (SSSR count). The predicted octanol–water partition coefficient (Wildman–Crippen LogP) is 0.708. The van der Waals surface area contributed by atoms with E-state index in [1.807, 2.05) is 0 Å². The van der Waals surface area contributed by atoms with E-state index in [0.29, 0.717) is 11.1 Å². The molecule has 8 heavy (non-hydrogen) atoms. The van der Waals surface area contributed by atoms with Crippen molar-refractivity contribution in [1.29, 1.82) is 4.78 Å². The number of thiocarbonyl (C=S) groups is 1. The molecule has 0 aromatic rings. The normalized spacial score (nSPS) is 7.62. The van der Waals surface area contributed by atoms with E-state index in [-0.39, 0.29) is 4.38 Å².